The number of piperazine rings is 1. The molecule has 0 unspecified atom stereocenters. The maximum atomic E-state index is 13.0. The van der Waals surface area contributed by atoms with Gasteiger partial charge in [-0.3, -0.25) is 10.1 Å². The van der Waals surface area contributed by atoms with Crippen LogP contribution in [0.3, 0.4) is 0 Å². The second-order valence-electron chi connectivity index (χ2n) is 8.81. The highest BCUT2D eigenvalue weighted by molar-refractivity contribution is 7.89. The largest absolute Gasteiger partial charge is 0.366 e. The molecule has 29 heavy (non-hydrogen) atoms. The van der Waals surface area contributed by atoms with E-state index in [1.165, 1.54) is 42.1 Å². The third kappa shape index (κ3) is 4.00. The van der Waals surface area contributed by atoms with Gasteiger partial charge in [0.15, 0.2) is 0 Å². The molecular formula is C20H30N4O4S. The fraction of sp³-hybridized carbons (Fsp3) is 0.700. The minimum absolute atomic E-state index is 0.0155. The van der Waals surface area contributed by atoms with Gasteiger partial charge in [0.25, 0.3) is 5.69 Å². The topological polar surface area (TPSA) is 87.0 Å². The van der Waals surface area contributed by atoms with Crippen LogP contribution in [0.5, 0.6) is 0 Å². The number of piperidine rings is 1. The maximum absolute atomic E-state index is 13.0. The lowest BCUT2D eigenvalue weighted by Crippen LogP contribution is -2.47. The number of nitro groups is 1. The quantitative estimate of drug-likeness (QED) is 0.548. The molecule has 0 atom stereocenters. The van der Waals surface area contributed by atoms with E-state index in [1.807, 2.05) is 7.05 Å². The lowest BCUT2D eigenvalue weighted by molar-refractivity contribution is -0.384. The Morgan fingerprint density at radius 1 is 0.966 bits per heavy atom. The van der Waals surface area contributed by atoms with Crippen molar-refractivity contribution >= 4 is 21.4 Å². The van der Waals surface area contributed by atoms with E-state index in [4.69, 9.17) is 0 Å². The molecule has 8 nitrogen and oxygen atoms in total. The van der Waals surface area contributed by atoms with Gasteiger partial charge in [-0.2, -0.15) is 4.31 Å². The van der Waals surface area contributed by atoms with E-state index in [9.17, 15) is 18.5 Å². The summed E-state index contributed by atoms with van der Waals surface area (Å²) in [5.74, 6) is 0. The average Bonchev–Trinajstić information content (AvgIpc) is 3.16. The Morgan fingerprint density at radius 3 is 2.17 bits per heavy atom. The first kappa shape index (κ1) is 20.6. The summed E-state index contributed by atoms with van der Waals surface area (Å²) in [7, 11) is -1.77. The molecule has 0 bridgehead atoms. The summed E-state index contributed by atoms with van der Waals surface area (Å²) in [6, 6.07) is 4.42. The van der Waals surface area contributed by atoms with Crippen molar-refractivity contribution in [2.24, 2.45) is 5.41 Å². The van der Waals surface area contributed by atoms with Crippen LogP contribution in [-0.2, 0) is 10.0 Å². The molecule has 9 heteroatoms. The molecule has 2 aliphatic heterocycles. The second kappa shape index (κ2) is 7.85. The van der Waals surface area contributed by atoms with Crippen LogP contribution in [0.15, 0.2) is 23.1 Å². The molecule has 1 aromatic carbocycles. The van der Waals surface area contributed by atoms with Crippen LogP contribution in [-0.4, -0.2) is 68.9 Å². The maximum Gasteiger partial charge on any atom is 0.293 e. The molecule has 0 aromatic heterocycles. The van der Waals surface area contributed by atoms with E-state index >= 15 is 0 Å². The smallest absolute Gasteiger partial charge is 0.293 e. The summed E-state index contributed by atoms with van der Waals surface area (Å²) in [6.45, 7) is 3.73. The Kier molecular flexibility index (Phi) is 5.56. The highest BCUT2D eigenvalue weighted by Crippen LogP contribution is 2.47. The van der Waals surface area contributed by atoms with Crippen LogP contribution in [0, 0.1) is 15.5 Å². The number of likely N-dealkylation sites (N-methyl/N-ethyl adjacent to an activating group) is 1. The van der Waals surface area contributed by atoms with E-state index in [0.717, 1.165) is 25.9 Å². The Bertz CT molecular complexity index is 864. The minimum Gasteiger partial charge on any atom is -0.366 e. The number of rotatable bonds is 4. The SMILES string of the molecule is CN1CCN(S(=O)(=O)c2ccc(N3CCC4(CCCC4)CC3)c([N+](=O)[O-])c2)CC1. The first-order valence-electron chi connectivity index (χ1n) is 10.5. The molecule has 3 fully saturated rings. The van der Waals surface area contributed by atoms with Crippen LogP contribution >= 0.6 is 0 Å². The molecule has 2 saturated heterocycles. The molecule has 0 N–H and O–H groups in total. The molecule has 1 spiro atoms. The molecule has 1 aliphatic carbocycles. The van der Waals surface area contributed by atoms with Gasteiger partial charge in [0, 0.05) is 45.3 Å². The third-order valence-electron chi connectivity index (χ3n) is 7.07. The number of sulfonamides is 1. The molecule has 2 heterocycles. The number of hydrogen-bond donors (Lipinski definition) is 0. The van der Waals surface area contributed by atoms with E-state index in [1.54, 1.807) is 6.07 Å². The standard InChI is InChI=1S/C20H30N4O4S/c1-21-12-14-23(15-13-21)29(27,28)17-4-5-18(19(16-17)24(25)26)22-10-8-20(9-11-22)6-2-3-7-20/h4-5,16H,2-3,6-15H2,1H3. The number of nitrogens with zero attached hydrogens (tertiary/aromatic N) is 4. The normalized spacial score (nSPS) is 23.6. The Balaban J connectivity index is 1.57. The number of anilines is 1. The minimum atomic E-state index is -3.72. The van der Waals surface area contributed by atoms with Gasteiger partial charge in [0.1, 0.15) is 5.69 Å². The van der Waals surface area contributed by atoms with Crippen molar-refractivity contribution in [3.05, 3.63) is 28.3 Å². The zero-order chi connectivity index (χ0) is 20.6. The van der Waals surface area contributed by atoms with Crippen molar-refractivity contribution in [2.75, 3.05) is 51.2 Å². The van der Waals surface area contributed by atoms with Crippen molar-refractivity contribution in [3.63, 3.8) is 0 Å². The molecule has 4 rings (SSSR count). The zero-order valence-corrected chi connectivity index (χ0v) is 17.9. The fourth-order valence-corrected chi connectivity index (χ4v) is 6.54. The summed E-state index contributed by atoms with van der Waals surface area (Å²) in [5.41, 5.74) is 0.860. The summed E-state index contributed by atoms with van der Waals surface area (Å²) >= 11 is 0. The molecular weight excluding hydrogens is 392 g/mol. The van der Waals surface area contributed by atoms with E-state index in [0.29, 0.717) is 37.3 Å². The van der Waals surface area contributed by atoms with Crippen LogP contribution in [0.4, 0.5) is 11.4 Å². The lowest BCUT2D eigenvalue weighted by atomic mass is 9.77. The van der Waals surface area contributed by atoms with Gasteiger partial charge in [0.05, 0.1) is 9.82 Å². The molecule has 0 amide bonds. The Morgan fingerprint density at radius 2 is 1.59 bits per heavy atom. The van der Waals surface area contributed by atoms with Crippen LogP contribution in [0.2, 0.25) is 0 Å². The van der Waals surface area contributed by atoms with E-state index < -0.39 is 14.9 Å². The van der Waals surface area contributed by atoms with Gasteiger partial charge >= 0.3 is 0 Å². The highest BCUT2D eigenvalue weighted by Gasteiger charge is 2.38. The zero-order valence-electron chi connectivity index (χ0n) is 17.0. The number of hydrogen-bond acceptors (Lipinski definition) is 6. The molecule has 3 aliphatic rings. The first-order chi connectivity index (χ1) is 13.8. The predicted octanol–water partition coefficient (Wildman–Crippen LogP) is 2.69. The van der Waals surface area contributed by atoms with Gasteiger partial charge in [-0.15, -0.1) is 0 Å². The van der Waals surface area contributed by atoms with Gasteiger partial charge < -0.3 is 9.80 Å². The van der Waals surface area contributed by atoms with Crippen molar-refractivity contribution in [1.82, 2.24) is 9.21 Å². The van der Waals surface area contributed by atoms with Crippen molar-refractivity contribution < 1.29 is 13.3 Å². The predicted molar refractivity (Wildman–Crippen MR) is 112 cm³/mol. The van der Waals surface area contributed by atoms with E-state index in [2.05, 4.69) is 9.80 Å². The summed E-state index contributed by atoms with van der Waals surface area (Å²) in [4.78, 5) is 15.5. The van der Waals surface area contributed by atoms with Crippen LogP contribution in [0.25, 0.3) is 0 Å². The molecule has 0 radical (unpaired) electrons. The van der Waals surface area contributed by atoms with Gasteiger partial charge in [-0.1, -0.05) is 12.8 Å². The Hall–Kier alpha value is -1.71. The Labute approximate surface area is 172 Å². The monoisotopic (exact) mass is 422 g/mol. The second-order valence-corrected chi connectivity index (χ2v) is 10.7. The summed E-state index contributed by atoms with van der Waals surface area (Å²) in [6.07, 6.45) is 7.24. The fourth-order valence-electron chi connectivity index (χ4n) is 5.10. The van der Waals surface area contributed by atoms with Gasteiger partial charge in [0.2, 0.25) is 10.0 Å². The van der Waals surface area contributed by atoms with Gasteiger partial charge in [-0.25, -0.2) is 8.42 Å². The van der Waals surface area contributed by atoms with Crippen molar-refractivity contribution in [2.45, 2.75) is 43.4 Å². The third-order valence-corrected chi connectivity index (χ3v) is 8.97. The van der Waals surface area contributed by atoms with E-state index in [-0.39, 0.29) is 10.6 Å². The first-order valence-corrected chi connectivity index (χ1v) is 12.0. The van der Waals surface area contributed by atoms with Crippen LogP contribution in [0.1, 0.15) is 38.5 Å². The number of nitro benzene ring substituents is 1. The highest BCUT2D eigenvalue weighted by atomic mass is 32.2. The van der Waals surface area contributed by atoms with Gasteiger partial charge in [-0.05, 0) is 50.3 Å². The molecule has 160 valence electrons. The molecule has 1 saturated carbocycles. The average molecular weight is 423 g/mol. The molecule has 1 aromatic rings. The summed E-state index contributed by atoms with van der Waals surface area (Å²) in [5, 5.41) is 11.8. The van der Waals surface area contributed by atoms with Crippen LogP contribution < -0.4 is 4.90 Å². The van der Waals surface area contributed by atoms with Crippen molar-refractivity contribution in [1.29, 1.82) is 0 Å². The summed E-state index contributed by atoms with van der Waals surface area (Å²) < 4.78 is 27.4. The van der Waals surface area contributed by atoms with Crippen molar-refractivity contribution in [3.8, 4) is 0 Å². The number of benzene rings is 1. The lowest BCUT2D eigenvalue weighted by Gasteiger charge is -2.40.